The second-order valence-corrected chi connectivity index (χ2v) is 6.79. The van der Waals surface area contributed by atoms with E-state index < -0.39 is 5.91 Å². The Balaban J connectivity index is 1.69. The number of nitrogens with two attached hydrogens (primary N) is 1. The largest absolute Gasteiger partial charge is 0.486 e. The maximum absolute atomic E-state index is 12.7. The molecule has 5 heteroatoms. The molecule has 0 unspecified atom stereocenters. The van der Waals surface area contributed by atoms with Crippen LogP contribution in [0.5, 0.6) is 5.75 Å². The molecule has 2 aromatic carbocycles. The maximum Gasteiger partial charge on any atom is 0.248 e. The minimum Gasteiger partial charge on any atom is -0.486 e. The van der Waals surface area contributed by atoms with E-state index in [2.05, 4.69) is 5.32 Å². The van der Waals surface area contributed by atoms with Gasteiger partial charge in [-0.25, -0.2) is 0 Å². The molecule has 0 saturated carbocycles. The first-order valence-corrected chi connectivity index (χ1v) is 8.54. The summed E-state index contributed by atoms with van der Waals surface area (Å²) in [5.74, 6) is 0.316. The first-order valence-electron chi connectivity index (χ1n) is 8.54. The van der Waals surface area contributed by atoms with Crippen LogP contribution in [0.2, 0.25) is 0 Å². The molecule has 0 atom stereocenters. The molecule has 3 N–H and O–H groups in total. The number of hydrogen-bond donors (Lipinski definition) is 2. The minimum atomic E-state index is -0.466. The van der Waals surface area contributed by atoms with Crippen LogP contribution in [0.3, 0.4) is 0 Å². The van der Waals surface area contributed by atoms with Crippen molar-refractivity contribution in [3.63, 3.8) is 0 Å². The fourth-order valence-electron chi connectivity index (χ4n) is 3.69. The Morgan fingerprint density at radius 3 is 2.60 bits per heavy atom. The minimum absolute atomic E-state index is 0.121. The highest BCUT2D eigenvalue weighted by Gasteiger charge is 2.41. The summed E-state index contributed by atoms with van der Waals surface area (Å²) in [6, 6.07) is 12.8. The summed E-state index contributed by atoms with van der Waals surface area (Å²) in [5, 5.41) is 3.31. The lowest BCUT2D eigenvalue weighted by atomic mass is 9.82. The lowest BCUT2D eigenvalue weighted by Crippen LogP contribution is -2.49. The van der Waals surface area contributed by atoms with Crippen molar-refractivity contribution < 1.29 is 14.3 Å². The number of nitrogens with one attached hydrogen (secondary N) is 1. The van der Waals surface area contributed by atoms with Crippen LogP contribution in [0.4, 0.5) is 0 Å². The maximum atomic E-state index is 12.7. The molecule has 1 amide bonds. The highest BCUT2D eigenvalue weighted by molar-refractivity contribution is 6.01. The molecule has 2 aliphatic heterocycles. The van der Waals surface area contributed by atoms with Crippen LogP contribution in [0.1, 0.15) is 40.0 Å². The lowest BCUT2D eigenvalue weighted by Gasteiger charge is -2.41. The number of piperidine rings is 1. The molecular formula is C20H20N2O3. The van der Waals surface area contributed by atoms with E-state index in [1.165, 1.54) is 0 Å². The van der Waals surface area contributed by atoms with Gasteiger partial charge in [0.2, 0.25) is 5.91 Å². The number of rotatable bonds is 2. The van der Waals surface area contributed by atoms with Gasteiger partial charge in [0, 0.05) is 18.4 Å². The number of ether oxygens (including phenoxy) is 1. The van der Waals surface area contributed by atoms with Gasteiger partial charge >= 0.3 is 0 Å². The third-order valence-corrected chi connectivity index (χ3v) is 5.08. The van der Waals surface area contributed by atoms with Gasteiger partial charge in [-0.15, -0.1) is 0 Å². The van der Waals surface area contributed by atoms with Gasteiger partial charge in [0.15, 0.2) is 5.78 Å². The van der Waals surface area contributed by atoms with Gasteiger partial charge in [-0.2, -0.15) is 0 Å². The van der Waals surface area contributed by atoms with E-state index in [1.807, 2.05) is 24.3 Å². The van der Waals surface area contributed by atoms with Crippen molar-refractivity contribution in [1.29, 1.82) is 0 Å². The molecular weight excluding hydrogens is 316 g/mol. The number of primary amides is 1. The van der Waals surface area contributed by atoms with Gasteiger partial charge in [0.05, 0.1) is 12.0 Å². The van der Waals surface area contributed by atoms with Gasteiger partial charge in [-0.05, 0) is 48.5 Å². The van der Waals surface area contributed by atoms with Gasteiger partial charge < -0.3 is 15.8 Å². The molecule has 1 saturated heterocycles. The predicted octanol–water partition coefficient (Wildman–Crippen LogP) is 2.54. The number of Topliss-reactive ketones (excluding diaryl/α,β-unsaturated/α-hetero) is 1. The van der Waals surface area contributed by atoms with E-state index in [1.54, 1.807) is 18.2 Å². The van der Waals surface area contributed by atoms with Gasteiger partial charge in [0.25, 0.3) is 0 Å². The van der Waals surface area contributed by atoms with E-state index >= 15 is 0 Å². The van der Waals surface area contributed by atoms with Crippen molar-refractivity contribution in [2.75, 3.05) is 13.1 Å². The Hall–Kier alpha value is -2.66. The zero-order chi connectivity index (χ0) is 17.4. The Labute approximate surface area is 146 Å². The third-order valence-electron chi connectivity index (χ3n) is 5.08. The summed E-state index contributed by atoms with van der Waals surface area (Å²) in [4.78, 5) is 24.1. The number of hydrogen-bond acceptors (Lipinski definition) is 4. The van der Waals surface area contributed by atoms with Gasteiger partial charge in [0.1, 0.15) is 11.4 Å². The standard InChI is InChI=1S/C20H20N2O3/c21-19(24)15-3-1-2-13(10-15)14-4-5-18-16(11-14)17(23)12-20(25-18)6-8-22-9-7-20/h1-5,10-11,22H,6-9,12H2,(H2,21,24). The monoisotopic (exact) mass is 336 g/mol. The van der Waals surface area contributed by atoms with Crippen molar-refractivity contribution >= 4 is 11.7 Å². The topological polar surface area (TPSA) is 81.4 Å². The van der Waals surface area contributed by atoms with Gasteiger partial charge in [-0.3, -0.25) is 9.59 Å². The van der Waals surface area contributed by atoms with Crippen molar-refractivity contribution in [2.24, 2.45) is 5.73 Å². The van der Waals surface area contributed by atoms with Crippen LogP contribution in [0, 0.1) is 0 Å². The molecule has 0 bridgehead atoms. The van der Waals surface area contributed by atoms with Crippen molar-refractivity contribution in [1.82, 2.24) is 5.32 Å². The summed E-state index contributed by atoms with van der Waals surface area (Å²) in [6.07, 6.45) is 2.12. The SMILES string of the molecule is NC(=O)c1cccc(-c2ccc3c(c2)C(=O)CC2(CCNCC2)O3)c1. The summed E-state index contributed by atoms with van der Waals surface area (Å²) in [7, 11) is 0. The molecule has 5 nitrogen and oxygen atoms in total. The molecule has 0 aromatic heterocycles. The van der Waals surface area contributed by atoms with E-state index in [0.29, 0.717) is 23.3 Å². The van der Waals surface area contributed by atoms with Gasteiger partial charge in [-0.1, -0.05) is 18.2 Å². The van der Waals surface area contributed by atoms with Crippen molar-refractivity contribution in [3.05, 3.63) is 53.6 Å². The number of fused-ring (bicyclic) bond motifs is 1. The second kappa shape index (κ2) is 6.01. The highest BCUT2D eigenvalue weighted by Crippen LogP contribution is 2.39. The molecule has 2 aliphatic rings. The predicted molar refractivity (Wildman–Crippen MR) is 94.8 cm³/mol. The lowest BCUT2D eigenvalue weighted by molar-refractivity contribution is 0.0187. The van der Waals surface area contributed by atoms with E-state index in [-0.39, 0.29) is 11.4 Å². The zero-order valence-electron chi connectivity index (χ0n) is 13.9. The van der Waals surface area contributed by atoms with Crippen molar-refractivity contribution in [3.8, 4) is 16.9 Å². The number of benzene rings is 2. The molecule has 2 aromatic rings. The summed E-state index contributed by atoms with van der Waals surface area (Å²) < 4.78 is 6.25. The van der Waals surface area contributed by atoms with Crippen molar-refractivity contribution in [2.45, 2.75) is 24.9 Å². The van der Waals surface area contributed by atoms with Crippen LogP contribution in [0.15, 0.2) is 42.5 Å². The number of carbonyl (C=O) groups is 2. The average molecular weight is 336 g/mol. The molecule has 0 aliphatic carbocycles. The molecule has 4 rings (SSSR count). The molecule has 2 heterocycles. The van der Waals surface area contributed by atoms with E-state index in [4.69, 9.17) is 10.5 Å². The number of amides is 1. The molecule has 128 valence electrons. The summed E-state index contributed by atoms with van der Waals surface area (Å²) >= 11 is 0. The molecule has 1 fully saturated rings. The molecule has 0 radical (unpaired) electrons. The van der Waals surface area contributed by atoms with E-state index in [9.17, 15) is 9.59 Å². The Morgan fingerprint density at radius 2 is 1.84 bits per heavy atom. The highest BCUT2D eigenvalue weighted by atomic mass is 16.5. The summed E-state index contributed by atoms with van der Waals surface area (Å²) in [6.45, 7) is 1.75. The third kappa shape index (κ3) is 2.91. The Kier molecular flexibility index (Phi) is 3.81. The molecule has 1 spiro atoms. The molecule has 25 heavy (non-hydrogen) atoms. The van der Waals surface area contributed by atoms with Crippen LogP contribution in [-0.2, 0) is 0 Å². The fourth-order valence-corrected chi connectivity index (χ4v) is 3.69. The smallest absolute Gasteiger partial charge is 0.248 e. The summed E-state index contributed by atoms with van der Waals surface area (Å²) in [5.41, 5.74) is 7.79. The Bertz CT molecular complexity index is 854. The van der Waals surface area contributed by atoms with Crippen LogP contribution < -0.4 is 15.8 Å². The van der Waals surface area contributed by atoms with Crippen LogP contribution >= 0.6 is 0 Å². The van der Waals surface area contributed by atoms with Crippen LogP contribution in [-0.4, -0.2) is 30.4 Å². The quantitative estimate of drug-likeness (QED) is 0.883. The normalized spacial score (nSPS) is 18.5. The first-order chi connectivity index (χ1) is 12.1. The van der Waals surface area contributed by atoms with Crippen LogP contribution in [0.25, 0.3) is 11.1 Å². The fraction of sp³-hybridized carbons (Fsp3) is 0.300. The first kappa shape index (κ1) is 15.8. The number of carbonyl (C=O) groups excluding carboxylic acids is 2. The Morgan fingerprint density at radius 1 is 1.08 bits per heavy atom. The second-order valence-electron chi connectivity index (χ2n) is 6.79. The average Bonchev–Trinajstić information content (AvgIpc) is 2.62. The van der Waals surface area contributed by atoms with E-state index in [0.717, 1.165) is 37.1 Å². The zero-order valence-corrected chi connectivity index (χ0v) is 13.9. The number of ketones is 1.